The molecule has 2 aromatic carbocycles. The van der Waals surface area contributed by atoms with Crippen LogP contribution in [0.5, 0.6) is 0 Å². The highest BCUT2D eigenvalue weighted by molar-refractivity contribution is 9.10. The number of carbonyl (C=O) groups is 1. The molecule has 0 aliphatic carbocycles. The van der Waals surface area contributed by atoms with Gasteiger partial charge in [0.2, 0.25) is 0 Å². The van der Waals surface area contributed by atoms with Crippen LogP contribution in [-0.2, 0) is 6.54 Å². The monoisotopic (exact) mass is 420 g/mol. The predicted molar refractivity (Wildman–Crippen MR) is 106 cm³/mol. The number of benzene rings is 2. The summed E-state index contributed by atoms with van der Waals surface area (Å²) in [6, 6.07) is 13.6. The van der Waals surface area contributed by atoms with Gasteiger partial charge in [0.05, 0.1) is 0 Å². The molecule has 0 aliphatic rings. The highest BCUT2D eigenvalue weighted by Crippen LogP contribution is 2.11. The molecule has 2 rings (SSSR count). The minimum absolute atomic E-state index is 0.0925. The Balaban J connectivity index is 1.64. The molecule has 0 spiro atoms. The van der Waals surface area contributed by atoms with Gasteiger partial charge in [0, 0.05) is 36.7 Å². The predicted octanol–water partition coefficient (Wildman–Crippen LogP) is 3.07. The summed E-state index contributed by atoms with van der Waals surface area (Å²) >= 11 is 3.35. The number of aliphatic imine (C=N–C) groups is 1. The minimum atomic E-state index is -0.249. The van der Waals surface area contributed by atoms with Gasteiger partial charge in [-0.1, -0.05) is 34.1 Å². The van der Waals surface area contributed by atoms with Crippen molar-refractivity contribution in [1.82, 2.24) is 16.0 Å². The van der Waals surface area contributed by atoms with E-state index in [9.17, 15) is 9.18 Å². The van der Waals surface area contributed by atoms with E-state index >= 15 is 0 Å². The number of amides is 1. The van der Waals surface area contributed by atoms with Gasteiger partial charge in [-0.05, 0) is 42.3 Å². The second kappa shape index (κ2) is 10.6. The highest BCUT2D eigenvalue weighted by atomic mass is 79.9. The molecule has 0 unspecified atom stereocenters. The maximum atomic E-state index is 12.9. The van der Waals surface area contributed by atoms with Gasteiger partial charge in [0.15, 0.2) is 5.96 Å². The molecule has 0 aromatic heterocycles. The lowest BCUT2D eigenvalue weighted by Gasteiger charge is -2.12. The van der Waals surface area contributed by atoms with E-state index in [1.165, 1.54) is 12.1 Å². The molecule has 1 amide bonds. The zero-order valence-corrected chi connectivity index (χ0v) is 16.1. The van der Waals surface area contributed by atoms with Crippen LogP contribution >= 0.6 is 15.9 Å². The van der Waals surface area contributed by atoms with E-state index in [4.69, 9.17) is 0 Å². The number of halogens is 2. The summed E-state index contributed by atoms with van der Waals surface area (Å²) in [4.78, 5) is 16.2. The zero-order valence-electron chi connectivity index (χ0n) is 14.6. The largest absolute Gasteiger partial charge is 0.356 e. The average Bonchev–Trinajstić information content (AvgIpc) is 2.65. The normalized spacial score (nSPS) is 11.1. The molecule has 0 saturated carbocycles. The molecule has 7 heteroatoms. The fraction of sp³-hybridized carbons (Fsp3) is 0.263. The van der Waals surface area contributed by atoms with Crippen LogP contribution in [0, 0.1) is 5.82 Å². The Morgan fingerprint density at radius 2 is 1.81 bits per heavy atom. The molecule has 0 heterocycles. The van der Waals surface area contributed by atoms with Gasteiger partial charge in [-0.15, -0.1) is 0 Å². The van der Waals surface area contributed by atoms with E-state index < -0.39 is 0 Å². The van der Waals surface area contributed by atoms with Crippen LogP contribution in [-0.4, -0.2) is 32.0 Å². The van der Waals surface area contributed by atoms with Gasteiger partial charge in [0.25, 0.3) is 5.91 Å². The number of guanidine groups is 1. The smallest absolute Gasteiger partial charge is 0.251 e. The molecule has 0 atom stereocenters. The van der Waals surface area contributed by atoms with Crippen molar-refractivity contribution in [2.24, 2.45) is 4.99 Å². The van der Waals surface area contributed by atoms with E-state index in [1.54, 1.807) is 31.3 Å². The minimum Gasteiger partial charge on any atom is -0.356 e. The average molecular weight is 421 g/mol. The molecular formula is C19H22BrFN4O. The topological polar surface area (TPSA) is 65.5 Å². The Labute approximate surface area is 161 Å². The summed E-state index contributed by atoms with van der Waals surface area (Å²) in [5.41, 5.74) is 1.60. The first-order chi connectivity index (χ1) is 12.6. The fourth-order valence-corrected chi connectivity index (χ4v) is 2.64. The van der Waals surface area contributed by atoms with Gasteiger partial charge >= 0.3 is 0 Å². The summed E-state index contributed by atoms with van der Waals surface area (Å²) in [7, 11) is 1.69. The lowest BCUT2D eigenvalue weighted by atomic mass is 10.2. The van der Waals surface area contributed by atoms with E-state index in [2.05, 4.69) is 36.9 Å². The van der Waals surface area contributed by atoms with Gasteiger partial charge in [-0.3, -0.25) is 9.79 Å². The van der Waals surface area contributed by atoms with Crippen LogP contribution in [0.3, 0.4) is 0 Å². The first-order valence-electron chi connectivity index (χ1n) is 8.31. The fourth-order valence-electron chi connectivity index (χ4n) is 2.24. The van der Waals surface area contributed by atoms with E-state index in [0.717, 1.165) is 16.5 Å². The van der Waals surface area contributed by atoms with Crippen LogP contribution in [0.4, 0.5) is 4.39 Å². The van der Waals surface area contributed by atoms with Gasteiger partial charge in [0.1, 0.15) is 5.82 Å². The van der Waals surface area contributed by atoms with Crippen LogP contribution in [0.1, 0.15) is 22.3 Å². The Bertz CT molecular complexity index is 749. The van der Waals surface area contributed by atoms with Crippen molar-refractivity contribution in [2.75, 3.05) is 20.1 Å². The van der Waals surface area contributed by atoms with Crippen molar-refractivity contribution in [3.05, 3.63) is 69.9 Å². The number of hydrogen-bond donors (Lipinski definition) is 3. The number of hydrogen-bond acceptors (Lipinski definition) is 2. The SMILES string of the molecule is CN=C(NCCCNC(=O)c1cccc(Br)c1)NCc1ccc(F)cc1. The molecule has 138 valence electrons. The lowest BCUT2D eigenvalue weighted by Crippen LogP contribution is -2.38. The molecule has 26 heavy (non-hydrogen) atoms. The third-order valence-electron chi connectivity index (χ3n) is 3.62. The standard InChI is InChI=1S/C19H22BrFN4O/c1-22-19(25-13-14-6-8-17(21)9-7-14)24-11-3-10-23-18(26)15-4-2-5-16(20)12-15/h2,4-9,12H,3,10-11,13H2,1H3,(H,23,26)(H2,22,24,25). The van der Waals surface area contributed by atoms with Crippen molar-refractivity contribution < 1.29 is 9.18 Å². The summed E-state index contributed by atoms with van der Waals surface area (Å²) in [5.74, 6) is 0.318. The summed E-state index contributed by atoms with van der Waals surface area (Å²) in [5, 5.41) is 9.23. The maximum Gasteiger partial charge on any atom is 0.251 e. The van der Waals surface area contributed by atoms with E-state index in [1.807, 2.05) is 12.1 Å². The Kier molecular flexibility index (Phi) is 8.08. The second-order valence-corrected chi connectivity index (χ2v) is 6.51. The number of nitrogens with zero attached hydrogens (tertiary/aromatic N) is 1. The molecule has 0 saturated heterocycles. The molecule has 2 aromatic rings. The van der Waals surface area contributed by atoms with Crippen molar-refractivity contribution >= 4 is 27.8 Å². The van der Waals surface area contributed by atoms with Crippen molar-refractivity contribution in [2.45, 2.75) is 13.0 Å². The molecule has 0 fully saturated rings. The van der Waals surface area contributed by atoms with Gasteiger partial charge in [-0.25, -0.2) is 4.39 Å². The third-order valence-corrected chi connectivity index (χ3v) is 4.11. The van der Waals surface area contributed by atoms with Crippen LogP contribution in [0.15, 0.2) is 58.0 Å². The number of nitrogens with one attached hydrogen (secondary N) is 3. The Hall–Kier alpha value is -2.41. The number of rotatable bonds is 7. The van der Waals surface area contributed by atoms with Gasteiger partial charge in [-0.2, -0.15) is 0 Å². The summed E-state index contributed by atoms with van der Waals surface area (Å²) in [6.45, 7) is 1.79. The third kappa shape index (κ3) is 6.84. The maximum absolute atomic E-state index is 12.9. The summed E-state index contributed by atoms with van der Waals surface area (Å²) in [6.07, 6.45) is 0.761. The first kappa shape index (κ1) is 19.9. The van der Waals surface area contributed by atoms with Crippen molar-refractivity contribution in [3.8, 4) is 0 Å². The van der Waals surface area contributed by atoms with Gasteiger partial charge < -0.3 is 16.0 Å². The Morgan fingerprint density at radius 1 is 1.08 bits per heavy atom. The zero-order chi connectivity index (χ0) is 18.8. The van der Waals surface area contributed by atoms with Crippen molar-refractivity contribution in [3.63, 3.8) is 0 Å². The Morgan fingerprint density at radius 3 is 2.50 bits per heavy atom. The first-order valence-corrected chi connectivity index (χ1v) is 9.10. The molecule has 5 nitrogen and oxygen atoms in total. The van der Waals surface area contributed by atoms with Crippen LogP contribution in [0.2, 0.25) is 0 Å². The lowest BCUT2D eigenvalue weighted by molar-refractivity contribution is 0.0953. The molecule has 0 aliphatic heterocycles. The number of carbonyl (C=O) groups excluding carboxylic acids is 1. The summed E-state index contributed by atoms with van der Waals surface area (Å²) < 4.78 is 13.8. The van der Waals surface area contributed by atoms with E-state index in [-0.39, 0.29) is 11.7 Å². The highest BCUT2D eigenvalue weighted by Gasteiger charge is 2.05. The second-order valence-electron chi connectivity index (χ2n) is 5.60. The molecule has 3 N–H and O–H groups in total. The van der Waals surface area contributed by atoms with E-state index in [0.29, 0.717) is 31.2 Å². The van der Waals surface area contributed by atoms with Crippen LogP contribution < -0.4 is 16.0 Å². The molecule has 0 bridgehead atoms. The molecular weight excluding hydrogens is 399 g/mol. The van der Waals surface area contributed by atoms with Crippen LogP contribution in [0.25, 0.3) is 0 Å². The van der Waals surface area contributed by atoms with Crippen molar-refractivity contribution in [1.29, 1.82) is 0 Å². The molecule has 0 radical (unpaired) electrons. The quantitative estimate of drug-likeness (QED) is 0.366.